The number of hydrogen-bond donors (Lipinski definition) is 1. The zero-order valence-corrected chi connectivity index (χ0v) is 13.4. The van der Waals surface area contributed by atoms with Gasteiger partial charge in [0, 0.05) is 16.5 Å². The molecular weight excluding hydrogens is 383 g/mol. The maximum Gasteiger partial charge on any atom is 0.283 e. The standard InChI is InChI=1S/C12H14ClIN2O3/c1-7(2)9(6-14)15-12(17)11-8(13)4-3-5-10(11)16(18)19/h3-5,7,9H,6H2,1-2H3,(H,15,17). The number of nitro groups is 1. The van der Waals surface area contributed by atoms with Gasteiger partial charge in [0.25, 0.3) is 11.6 Å². The summed E-state index contributed by atoms with van der Waals surface area (Å²) in [5.41, 5.74) is -0.356. The van der Waals surface area contributed by atoms with Crippen LogP contribution < -0.4 is 5.32 Å². The molecule has 0 aliphatic carbocycles. The first-order valence-corrected chi connectivity index (χ1v) is 7.58. The zero-order chi connectivity index (χ0) is 14.6. The van der Waals surface area contributed by atoms with Crippen molar-refractivity contribution >= 4 is 45.8 Å². The van der Waals surface area contributed by atoms with Crippen molar-refractivity contribution in [3.63, 3.8) is 0 Å². The van der Waals surface area contributed by atoms with Gasteiger partial charge in [0.15, 0.2) is 0 Å². The van der Waals surface area contributed by atoms with Crippen LogP contribution in [0, 0.1) is 16.0 Å². The molecule has 1 aromatic carbocycles. The Labute approximate surface area is 130 Å². The van der Waals surface area contributed by atoms with Gasteiger partial charge in [0.1, 0.15) is 5.56 Å². The summed E-state index contributed by atoms with van der Waals surface area (Å²) in [7, 11) is 0. The lowest BCUT2D eigenvalue weighted by atomic mass is 10.1. The molecule has 0 aromatic heterocycles. The van der Waals surface area contributed by atoms with Crippen molar-refractivity contribution in [2.45, 2.75) is 19.9 Å². The molecule has 0 aliphatic heterocycles. The molecule has 0 saturated heterocycles. The fourth-order valence-electron chi connectivity index (χ4n) is 1.51. The molecule has 1 amide bonds. The number of hydrogen-bond acceptors (Lipinski definition) is 3. The molecule has 1 N–H and O–H groups in total. The van der Waals surface area contributed by atoms with E-state index < -0.39 is 10.8 Å². The molecular formula is C12H14ClIN2O3. The predicted octanol–water partition coefficient (Wildman–Crippen LogP) is 3.44. The van der Waals surface area contributed by atoms with Crippen LogP contribution in [0.3, 0.4) is 0 Å². The quantitative estimate of drug-likeness (QED) is 0.359. The van der Waals surface area contributed by atoms with E-state index in [2.05, 4.69) is 27.9 Å². The SMILES string of the molecule is CC(C)C(CI)NC(=O)c1c(Cl)cccc1[N+](=O)[O-]. The summed E-state index contributed by atoms with van der Waals surface area (Å²) in [4.78, 5) is 22.5. The van der Waals surface area contributed by atoms with Crippen LogP contribution >= 0.6 is 34.2 Å². The van der Waals surface area contributed by atoms with Crippen molar-refractivity contribution in [2.24, 2.45) is 5.92 Å². The first-order valence-electron chi connectivity index (χ1n) is 5.68. The third-order valence-electron chi connectivity index (χ3n) is 2.70. The van der Waals surface area contributed by atoms with Crippen LogP contribution in [0.4, 0.5) is 5.69 Å². The lowest BCUT2D eigenvalue weighted by Crippen LogP contribution is -2.40. The topological polar surface area (TPSA) is 72.2 Å². The van der Waals surface area contributed by atoms with Gasteiger partial charge < -0.3 is 5.32 Å². The fourth-order valence-corrected chi connectivity index (χ4v) is 3.01. The fraction of sp³-hybridized carbons (Fsp3) is 0.417. The molecule has 1 aromatic rings. The van der Waals surface area contributed by atoms with E-state index in [-0.39, 0.29) is 28.2 Å². The largest absolute Gasteiger partial charge is 0.348 e. The Bertz CT molecular complexity index is 494. The van der Waals surface area contributed by atoms with Crippen LogP contribution in [-0.4, -0.2) is 21.3 Å². The van der Waals surface area contributed by atoms with Crippen molar-refractivity contribution in [1.29, 1.82) is 0 Å². The Kier molecular flexibility index (Phi) is 5.99. The smallest absolute Gasteiger partial charge is 0.283 e. The number of nitrogens with zero attached hydrogens (tertiary/aromatic N) is 1. The molecule has 0 spiro atoms. The van der Waals surface area contributed by atoms with Crippen molar-refractivity contribution in [3.05, 3.63) is 38.9 Å². The van der Waals surface area contributed by atoms with Gasteiger partial charge in [0.05, 0.1) is 9.95 Å². The number of nitro benzene ring substituents is 1. The average molecular weight is 397 g/mol. The van der Waals surface area contributed by atoms with E-state index >= 15 is 0 Å². The summed E-state index contributed by atoms with van der Waals surface area (Å²) in [6, 6.07) is 4.15. The molecule has 0 fully saturated rings. The van der Waals surface area contributed by atoms with Gasteiger partial charge in [-0.05, 0) is 12.0 Å². The molecule has 19 heavy (non-hydrogen) atoms. The predicted molar refractivity (Wildman–Crippen MR) is 83.1 cm³/mol. The van der Waals surface area contributed by atoms with Crippen molar-refractivity contribution in [3.8, 4) is 0 Å². The van der Waals surface area contributed by atoms with Crippen LogP contribution in [0.5, 0.6) is 0 Å². The van der Waals surface area contributed by atoms with Crippen LogP contribution in [0.15, 0.2) is 18.2 Å². The van der Waals surface area contributed by atoms with Gasteiger partial charge in [0.2, 0.25) is 0 Å². The Balaban J connectivity index is 3.09. The number of carbonyl (C=O) groups excluding carboxylic acids is 1. The van der Waals surface area contributed by atoms with E-state index in [1.807, 2.05) is 13.8 Å². The lowest BCUT2D eigenvalue weighted by Gasteiger charge is -2.20. The van der Waals surface area contributed by atoms with E-state index in [1.165, 1.54) is 18.2 Å². The minimum absolute atomic E-state index is 0.0519. The Morgan fingerprint density at radius 1 is 1.53 bits per heavy atom. The monoisotopic (exact) mass is 396 g/mol. The zero-order valence-electron chi connectivity index (χ0n) is 10.5. The number of carbonyl (C=O) groups is 1. The number of benzene rings is 1. The van der Waals surface area contributed by atoms with Gasteiger partial charge >= 0.3 is 0 Å². The molecule has 0 bridgehead atoms. The molecule has 1 atom stereocenters. The molecule has 0 heterocycles. The Hall–Kier alpha value is -0.890. The summed E-state index contributed by atoms with van der Waals surface area (Å²) in [5, 5.41) is 13.8. The van der Waals surface area contributed by atoms with Gasteiger partial charge in [-0.2, -0.15) is 0 Å². The average Bonchev–Trinajstić information content (AvgIpc) is 2.34. The molecule has 104 valence electrons. The number of rotatable bonds is 5. The first kappa shape index (κ1) is 16.2. The second-order valence-corrected chi connectivity index (χ2v) is 5.66. The number of alkyl halides is 1. The summed E-state index contributed by atoms with van der Waals surface area (Å²) >= 11 is 8.07. The molecule has 5 nitrogen and oxygen atoms in total. The highest BCUT2D eigenvalue weighted by molar-refractivity contribution is 14.1. The van der Waals surface area contributed by atoms with Gasteiger partial charge in [-0.25, -0.2) is 0 Å². The van der Waals surface area contributed by atoms with E-state index in [1.54, 1.807) is 0 Å². The van der Waals surface area contributed by atoms with Gasteiger partial charge in [-0.1, -0.05) is 54.1 Å². The second kappa shape index (κ2) is 7.04. The summed E-state index contributed by atoms with van der Waals surface area (Å²) in [6.45, 7) is 3.95. The van der Waals surface area contributed by atoms with E-state index in [4.69, 9.17) is 11.6 Å². The summed E-state index contributed by atoms with van der Waals surface area (Å²) < 4.78 is 0.722. The van der Waals surface area contributed by atoms with Crippen LogP contribution in [0.1, 0.15) is 24.2 Å². The third kappa shape index (κ3) is 4.04. The molecule has 1 rings (SSSR count). The summed E-state index contributed by atoms with van der Waals surface area (Å²) in [5.74, 6) is -0.268. The van der Waals surface area contributed by atoms with Crippen molar-refractivity contribution in [2.75, 3.05) is 4.43 Å². The van der Waals surface area contributed by atoms with Crippen LogP contribution in [-0.2, 0) is 0 Å². The number of nitrogens with one attached hydrogen (secondary N) is 1. The maximum absolute atomic E-state index is 12.2. The number of amides is 1. The van der Waals surface area contributed by atoms with Crippen molar-refractivity contribution < 1.29 is 9.72 Å². The molecule has 1 unspecified atom stereocenters. The minimum Gasteiger partial charge on any atom is -0.348 e. The second-order valence-electron chi connectivity index (χ2n) is 4.37. The highest BCUT2D eigenvalue weighted by Crippen LogP contribution is 2.26. The molecule has 0 aliphatic rings. The van der Waals surface area contributed by atoms with Gasteiger partial charge in [-0.3, -0.25) is 14.9 Å². The van der Waals surface area contributed by atoms with Crippen molar-refractivity contribution in [1.82, 2.24) is 5.32 Å². The first-order chi connectivity index (χ1) is 8.88. The Morgan fingerprint density at radius 3 is 2.63 bits per heavy atom. The maximum atomic E-state index is 12.2. The highest BCUT2D eigenvalue weighted by Gasteiger charge is 2.25. The van der Waals surface area contributed by atoms with E-state index in [9.17, 15) is 14.9 Å². The van der Waals surface area contributed by atoms with Gasteiger partial charge in [-0.15, -0.1) is 0 Å². The number of halogens is 2. The van der Waals surface area contributed by atoms with Crippen LogP contribution in [0.2, 0.25) is 5.02 Å². The summed E-state index contributed by atoms with van der Waals surface area (Å²) in [6.07, 6.45) is 0. The van der Waals surface area contributed by atoms with E-state index in [0.717, 1.165) is 4.43 Å². The normalized spacial score (nSPS) is 12.3. The van der Waals surface area contributed by atoms with Crippen LogP contribution in [0.25, 0.3) is 0 Å². The third-order valence-corrected chi connectivity index (χ3v) is 3.97. The van der Waals surface area contributed by atoms with E-state index in [0.29, 0.717) is 0 Å². The molecule has 0 saturated carbocycles. The highest BCUT2D eigenvalue weighted by atomic mass is 127. The lowest BCUT2D eigenvalue weighted by molar-refractivity contribution is -0.385. The Morgan fingerprint density at radius 2 is 2.16 bits per heavy atom. The minimum atomic E-state index is -0.602. The molecule has 7 heteroatoms. The molecule has 0 radical (unpaired) electrons.